The number of benzene rings is 1. The summed E-state index contributed by atoms with van der Waals surface area (Å²) >= 11 is 0. The largest absolute Gasteiger partial charge is 0.573 e. The van der Waals surface area contributed by atoms with Crippen LogP contribution in [-0.2, 0) is 9.53 Å². The minimum absolute atomic E-state index is 0.132. The van der Waals surface area contributed by atoms with Crippen molar-refractivity contribution in [3.8, 4) is 5.75 Å². The molecule has 25 heavy (non-hydrogen) atoms. The number of ether oxygens (including phenoxy) is 2. The minimum Gasteiger partial charge on any atom is -0.406 e. The summed E-state index contributed by atoms with van der Waals surface area (Å²) in [5, 5.41) is 3.23. The second-order valence-electron chi connectivity index (χ2n) is 5.25. The molecular formula is C18H28F3NO3. The van der Waals surface area contributed by atoms with Gasteiger partial charge in [0.05, 0.1) is 0 Å². The van der Waals surface area contributed by atoms with Crippen LogP contribution in [0.15, 0.2) is 24.3 Å². The van der Waals surface area contributed by atoms with Crippen molar-refractivity contribution in [2.24, 2.45) is 5.92 Å². The highest BCUT2D eigenvalue weighted by molar-refractivity contribution is 5.29. The average Bonchev–Trinajstić information content (AvgIpc) is 2.63. The molecule has 1 fully saturated rings. The van der Waals surface area contributed by atoms with Crippen LogP contribution < -0.4 is 10.1 Å². The second kappa shape index (κ2) is 12.7. The van der Waals surface area contributed by atoms with Gasteiger partial charge in [0.1, 0.15) is 12.5 Å². The Labute approximate surface area is 147 Å². The predicted octanol–water partition coefficient (Wildman–Crippen LogP) is 4.50. The van der Waals surface area contributed by atoms with Crippen molar-refractivity contribution in [3.63, 3.8) is 0 Å². The first-order chi connectivity index (χ1) is 12.0. The summed E-state index contributed by atoms with van der Waals surface area (Å²) in [7, 11) is 1.87. The third-order valence-electron chi connectivity index (χ3n) is 3.77. The van der Waals surface area contributed by atoms with Crippen LogP contribution in [0.5, 0.6) is 5.75 Å². The van der Waals surface area contributed by atoms with Crippen LogP contribution in [0.4, 0.5) is 13.2 Å². The fraction of sp³-hybridized carbons (Fsp3) is 0.611. The summed E-state index contributed by atoms with van der Waals surface area (Å²) < 4.78 is 45.6. The maximum Gasteiger partial charge on any atom is 0.573 e. The van der Waals surface area contributed by atoms with Crippen molar-refractivity contribution < 1.29 is 27.4 Å². The quantitative estimate of drug-likeness (QED) is 0.837. The van der Waals surface area contributed by atoms with Gasteiger partial charge in [0.25, 0.3) is 0 Å². The maximum atomic E-state index is 12.1. The highest BCUT2D eigenvalue weighted by Crippen LogP contribution is 2.29. The van der Waals surface area contributed by atoms with Gasteiger partial charge in [-0.1, -0.05) is 26.0 Å². The second-order valence-corrected chi connectivity index (χ2v) is 5.25. The Morgan fingerprint density at radius 3 is 2.16 bits per heavy atom. The number of carbonyl (C=O) groups excluding carboxylic acids is 1. The smallest absolute Gasteiger partial charge is 0.406 e. The number of alkyl halides is 3. The van der Waals surface area contributed by atoms with E-state index in [1.165, 1.54) is 12.1 Å². The van der Waals surface area contributed by atoms with Gasteiger partial charge in [-0.15, -0.1) is 13.2 Å². The van der Waals surface area contributed by atoms with E-state index in [2.05, 4.69) is 10.1 Å². The minimum atomic E-state index is -4.65. The molecule has 1 N–H and O–H groups in total. The zero-order chi connectivity index (χ0) is 19.3. The van der Waals surface area contributed by atoms with Gasteiger partial charge >= 0.3 is 6.36 Å². The lowest BCUT2D eigenvalue weighted by Gasteiger charge is -2.26. The molecule has 0 saturated carbocycles. The Morgan fingerprint density at radius 2 is 1.72 bits per heavy atom. The first-order valence-corrected chi connectivity index (χ1v) is 8.37. The van der Waals surface area contributed by atoms with Crippen LogP contribution >= 0.6 is 0 Å². The normalized spacial score (nSPS) is 15.9. The third kappa shape index (κ3) is 9.45. The summed E-state index contributed by atoms with van der Waals surface area (Å²) in [6, 6.07) is 6.21. The van der Waals surface area contributed by atoms with Gasteiger partial charge in [0.2, 0.25) is 0 Å². The molecule has 1 aliphatic heterocycles. The number of nitrogens with one attached hydrogen (secondary N) is 1. The SMILES string of the molecule is C=O.CC.CNC(CC1CCOCC1)c1ccc(OC(F)(F)F)cc1. The molecule has 0 bridgehead atoms. The van der Waals surface area contributed by atoms with E-state index in [4.69, 9.17) is 9.53 Å². The van der Waals surface area contributed by atoms with Crippen LogP contribution in [0.25, 0.3) is 0 Å². The van der Waals surface area contributed by atoms with Crippen molar-refractivity contribution in [1.29, 1.82) is 0 Å². The summed E-state index contributed by atoms with van der Waals surface area (Å²) in [5.74, 6) is 0.398. The Kier molecular flexibility index (Phi) is 11.9. The lowest BCUT2D eigenvalue weighted by atomic mass is 9.89. The highest BCUT2D eigenvalue weighted by Gasteiger charge is 2.31. The molecule has 0 aromatic heterocycles. The number of carbonyl (C=O) groups is 1. The topological polar surface area (TPSA) is 47.6 Å². The molecule has 4 nitrogen and oxygen atoms in total. The van der Waals surface area contributed by atoms with Crippen molar-refractivity contribution in [2.75, 3.05) is 20.3 Å². The van der Waals surface area contributed by atoms with Crippen LogP contribution in [0.1, 0.15) is 44.7 Å². The van der Waals surface area contributed by atoms with Gasteiger partial charge in [-0.05, 0) is 49.9 Å². The Hall–Kier alpha value is -1.60. The average molecular weight is 363 g/mol. The molecule has 1 heterocycles. The van der Waals surface area contributed by atoms with Crippen LogP contribution in [0, 0.1) is 5.92 Å². The molecule has 7 heteroatoms. The van der Waals surface area contributed by atoms with Crippen LogP contribution in [-0.4, -0.2) is 33.4 Å². The Balaban J connectivity index is 0.00000134. The molecule has 0 radical (unpaired) electrons. The molecule has 1 aromatic carbocycles. The number of rotatable bonds is 5. The Morgan fingerprint density at radius 1 is 1.20 bits per heavy atom. The van der Waals surface area contributed by atoms with Gasteiger partial charge in [-0.25, -0.2) is 0 Å². The van der Waals surface area contributed by atoms with Crippen molar-refractivity contribution in [1.82, 2.24) is 5.32 Å². The van der Waals surface area contributed by atoms with Gasteiger partial charge in [0.15, 0.2) is 0 Å². The van der Waals surface area contributed by atoms with Gasteiger partial charge in [0, 0.05) is 19.3 Å². The van der Waals surface area contributed by atoms with E-state index >= 15 is 0 Å². The molecule has 0 spiro atoms. The lowest BCUT2D eigenvalue weighted by Crippen LogP contribution is -2.24. The van der Waals surface area contributed by atoms with E-state index in [9.17, 15) is 13.2 Å². The maximum absolute atomic E-state index is 12.1. The van der Waals surface area contributed by atoms with E-state index in [0.717, 1.165) is 38.0 Å². The van der Waals surface area contributed by atoms with E-state index < -0.39 is 6.36 Å². The van der Waals surface area contributed by atoms with Crippen molar-refractivity contribution in [3.05, 3.63) is 29.8 Å². The fourth-order valence-electron chi connectivity index (χ4n) is 2.64. The molecule has 1 atom stereocenters. The fourth-order valence-corrected chi connectivity index (χ4v) is 2.64. The van der Waals surface area contributed by atoms with Crippen LogP contribution in [0.3, 0.4) is 0 Å². The molecule has 1 aromatic rings. The molecule has 1 aliphatic rings. The highest BCUT2D eigenvalue weighted by atomic mass is 19.4. The molecule has 2 rings (SSSR count). The van der Waals surface area contributed by atoms with E-state index in [1.807, 2.05) is 27.7 Å². The first kappa shape index (κ1) is 23.4. The summed E-state index contributed by atoms with van der Waals surface area (Å²) in [5.41, 5.74) is 0.971. The molecule has 1 unspecified atom stereocenters. The summed E-state index contributed by atoms with van der Waals surface area (Å²) in [6.45, 7) is 7.58. The number of hydrogen-bond donors (Lipinski definition) is 1. The van der Waals surface area contributed by atoms with Crippen molar-refractivity contribution in [2.45, 2.75) is 45.5 Å². The zero-order valence-corrected chi connectivity index (χ0v) is 15.1. The monoisotopic (exact) mass is 363 g/mol. The van der Waals surface area contributed by atoms with Crippen LogP contribution in [0.2, 0.25) is 0 Å². The molecule has 0 amide bonds. The zero-order valence-electron chi connectivity index (χ0n) is 15.1. The van der Waals surface area contributed by atoms with E-state index in [1.54, 1.807) is 12.1 Å². The summed E-state index contributed by atoms with van der Waals surface area (Å²) in [6.07, 6.45) is -1.62. The van der Waals surface area contributed by atoms with Gasteiger partial charge in [-0.3, -0.25) is 0 Å². The standard InChI is InChI=1S/C15H20F3NO2.C2H6.CH2O/c1-19-14(10-11-6-8-20-9-7-11)12-2-4-13(5-3-12)21-15(16,17)18;2*1-2/h2-5,11,14,19H,6-10H2,1H3;1-2H3;1H2. The van der Waals surface area contributed by atoms with E-state index in [0.29, 0.717) is 5.92 Å². The lowest BCUT2D eigenvalue weighted by molar-refractivity contribution is -0.274. The van der Waals surface area contributed by atoms with E-state index in [-0.39, 0.29) is 11.8 Å². The predicted molar refractivity (Wildman–Crippen MR) is 91.6 cm³/mol. The van der Waals surface area contributed by atoms with Gasteiger partial charge < -0.3 is 19.6 Å². The molecule has 0 aliphatic carbocycles. The Bertz CT molecular complexity index is 446. The molecule has 1 saturated heterocycles. The number of halogens is 3. The molecular weight excluding hydrogens is 335 g/mol. The van der Waals surface area contributed by atoms with Gasteiger partial charge in [-0.2, -0.15) is 0 Å². The number of hydrogen-bond acceptors (Lipinski definition) is 4. The summed E-state index contributed by atoms with van der Waals surface area (Å²) in [4.78, 5) is 8.00. The molecule has 144 valence electrons. The van der Waals surface area contributed by atoms with Crippen molar-refractivity contribution >= 4 is 6.79 Å². The third-order valence-corrected chi connectivity index (χ3v) is 3.77. The first-order valence-electron chi connectivity index (χ1n) is 8.37.